The third-order valence-corrected chi connectivity index (χ3v) is 4.28. The fourth-order valence-electron chi connectivity index (χ4n) is 3.04. The Morgan fingerprint density at radius 2 is 2.00 bits per heavy atom. The van der Waals surface area contributed by atoms with Crippen LogP contribution in [0, 0.1) is 0 Å². The number of amides is 1. The van der Waals surface area contributed by atoms with Gasteiger partial charge in [-0.2, -0.15) is 0 Å². The van der Waals surface area contributed by atoms with Gasteiger partial charge in [0.05, 0.1) is 0 Å². The van der Waals surface area contributed by atoms with Gasteiger partial charge in [0.15, 0.2) is 0 Å². The molecule has 1 fully saturated rings. The lowest BCUT2D eigenvalue weighted by Crippen LogP contribution is -2.52. The van der Waals surface area contributed by atoms with Crippen LogP contribution in [0.1, 0.15) is 31.2 Å². The van der Waals surface area contributed by atoms with Crippen LogP contribution < -0.4 is 5.32 Å². The lowest BCUT2D eigenvalue weighted by molar-refractivity contribution is -0.120. The predicted molar refractivity (Wildman–Crippen MR) is 82.8 cm³/mol. The van der Waals surface area contributed by atoms with E-state index < -0.39 is 0 Å². The van der Waals surface area contributed by atoms with E-state index in [1.165, 1.54) is 18.4 Å². The molecule has 2 atom stereocenters. The van der Waals surface area contributed by atoms with Crippen LogP contribution in [0.5, 0.6) is 0 Å². The van der Waals surface area contributed by atoms with E-state index in [9.17, 15) is 4.79 Å². The standard InChI is InChI=1S/C16H23ClN2O/c1-19(12-13-7-3-2-4-8-13)15-10-6-5-9-14(15)18-16(20)11-17/h2-4,7-8,14-15H,5-6,9-12H2,1H3,(H,18,20)/t14-,15-/m1/s1. The fourth-order valence-corrected chi connectivity index (χ4v) is 3.12. The van der Waals surface area contributed by atoms with Gasteiger partial charge in [0, 0.05) is 18.6 Å². The highest BCUT2D eigenvalue weighted by Crippen LogP contribution is 2.23. The summed E-state index contributed by atoms with van der Waals surface area (Å²) in [6, 6.07) is 11.1. The molecule has 0 heterocycles. The molecule has 1 aliphatic carbocycles. The Morgan fingerprint density at radius 3 is 2.70 bits per heavy atom. The maximum atomic E-state index is 11.5. The largest absolute Gasteiger partial charge is 0.351 e. The molecule has 2 rings (SSSR count). The molecule has 3 nitrogen and oxygen atoms in total. The highest BCUT2D eigenvalue weighted by molar-refractivity contribution is 6.27. The molecular formula is C16H23ClN2O. The summed E-state index contributed by atoms with van der Waals surface area (Å²) in [5.41, 5.74) is 1.31. The van der Waals surface area contributed by atoms with Gasteiger partial charge in [0.1, 0.15) is 5.88 Å². The maximum Gasteiger partial charge on any atom is 0.235 e. The molecule has 0 spiro atoms. The first-order valence-electron chi connectivity index (χ1n) is 7.30. The average molecular weight is 295 g/mol. The van der Waals surface area contributed by atoms with Gasteiger partial charge in [-0.3, -0.25) is 9.69 Å². The summed E-state index contributed by atoms with van der Waals surface area (Å²) in [6.45, 7) is 0.915. The number of carbonyl (C=O) groups is 1. The number of hydrogen-bond acceptors (Lipinski definition) is 2. The Bertz CT molecular complexity index is 424. The minimum atomic E-state index is -0.0586. The summed E-state index contributed by atoms with van der Waals surface area (Å²) < 4.78 is 0. The molecule has 1 aliphatic rings. The van der Waals surface area contributed by atoms with E-state index in [4.69, 9.17) is 11.6 Å². The Morgan fingerprint density at radius 1 is 1.30 bits per heavy atom. The van der Waals surface area contributed by atoms with E-state index in [0.29, 0.717) is 6.04 Å². The van der Waals surface area contributed by atoms with E-state index in [2.05, 4.69) is 41.5 Å². The Hall–Kier alpha value is -1.06. The van der Waals surface area contributed by atoms with Crippen molar-refractivity contribution in [3.05, 3.63) is 35.9 Å². The van der Waals surface area contributed by atoms with Crippen LogP contribution in [0.15, 0.2) is 30.3 Å². The van der Waals surface area contributed by atoms with Crippen molar-refractivity contribution in [2.24, 2.45) is 0 Å². The SMILES string of the molecule is CN(Cc1ccccc1)[C@@H]1CCCC[C@H]1NC(=O)CCl. The quantitative estimate of drug-likeness (QED) is 0.847. The Labute approximate surface area is 126 Å². The van der Waals surface area contributed by atoms with Crippen LogP contribution in [0.4, 0.5) is 0 Å². The highest BCUT2D eigenvalue weighted by atomic mass is 35.5. The molecular weight excluding hydrogens is 272 g/mol. The van der Waals surface area contributed by atoms with Gasteiger partial charge in [0.25, 0.3) is 0 Å². The van der Waals surface area contributed by atoms with Crippen LogP contribution in [0.25, 0.3) is 0 Å². The number of hydrogen-bond donors (Lipinski definition) is 1. The van der Waals surface area contributed by atoms with E-state index in [-0.39, 0.29) is 17.8 Å². The van der Waals surface area contributed by atoms with Crippen LogP contribution in [-0.4, -0.2) is 35.8 Å². The number of nitrogens with one attached hydrogen (secondary N) is 1. The summed E-state index contributed by atoms with van der Waals surface area (Å²) in [6.07, 6.45) is 4.60. The summed E-state index contributed by atoms with van der Waals surface area (Å²) >= 11 is 5.60. The van der Waals surface area contributed by atoms with E-state index in [1.807, 2.05) is 6.07 Å². The van der Waals surface area contributed by atoms with Crippen LogP contribution in [0.2, 0.25) is 0 Å². The monoisotopic (exact) mass is 294 g/mol. The second kappa shape index (κ2) is 7.65. The van der Waals surface area contributed by atoms with Crippen molar-refractivity contribution in [1.29, 1.82) is 0 Å². The van der Waals surface area contributed by atoms with Gasteiger partial charge in [-0.15, -0.1) is 11.6 Å². The third kappa shape index (κ3) is 4.22. The minimum absolute atomic E-state index is 0.0472. The number of nitrogens with zero attached hydrogens (tertiary/aromatic N) is 1. The highest BCUT2D eigenvalue weighted by Gasteiger charge is 2.29. The molecule has 1 saturated carbocycles. The van der Waals surface area contributed by atoms with Crippen LogP contribution >= 0.6 is 11.6 Å². The molecule has 1 N–H and O–H groups in total. The average Bonchev–Trinajstić information content (AvgIpc) is 2.48. The third-order valence-electron chi connectivity index (χ3n) is 4.04. The normalized spacial score (nSPS) is 22.8. The van der Waals surface area contributed by atoms with Gasteiger partial charge >= 0.3 is 0 Å². The van der Waals surface area contributed by atoms with Gasteiger partial charge < -0.3 is 5.32 Å². The Kier molecular flexibility index (Phi) is 5.86. The summed E-state index contributed by atoms with van der Waals surface area (Å²) in [5, 5.41) is 3.07. The fraction of sp³-hybridized carbons (Fsp3) is 0.562. The second-order valence-corrected chi connectivity index (χ2v) is 5.83. The van der Waals surface area contributed by atoms with Crippen molar-refractivity contribution < 1.29 is 4.79 Å². The van der Waals surface area contributed by atoms with Crippen molar-refractivity contribution in [3.8, 4) is 0 Å². The molecule has 4 heteroatoms. The zero-order chi connectivity index (χ0) is 14.4. The van der Waals surface area contributed by atoms with E-state index in [0.717, 1.165) is 19.4 Å². The van der Waals surface area contributed by atoms with Gasteiger partial charge in [-0.05, 0) is 25.5 Å². The topological polar surface area (TPSA) is 32.3 Å². The van der Waals surface area contributed by atoms with Gasteiger partial charge in [-0.1, -0.05) is 43.2 Å². The smallest absolute Gasteiger partial charge is 0.235 e. The molecule has 0 aliphatic heterocycles. The van der Waals surface area contributed by atoms with Crippen LogP contribution in [0.3, 0.4) is 0 Å². The first-order valence-corrected chi connectivity index (χ1v) is 7.83. The minimum Gasteiger partial charge on any atom is -0.351 e. The maximum absolute atomic E-state index is 11.5. The van der Waals surface area contributed by atoms with Crippen LogP contribution in [-0.2, 0) is 11.3 Å². The van der Waals surface area contributed by atoms with E-state index in [1.54, 1.807) is 0 Å². The predicted octanol–water partition coefficient (Wildman–Crippen LogP) is 2.78. The molecule has 1 aromatic rings. The van der Waals surface area contributed by atoms with E-state index >= 15 is 0 Å². The van der Waals surface area contributed by atoms with Crippen molar-refractivity contribution in [1.82, 2.24) is 10.2 Å². The lowest BCUT2D eigenvalue weighted by atomic mass is 9.89. The summed E-state index contributed by atoms with van der Waals surface area (Å²) in [7, 11) is 2.14. The first-order chi connectivity index (χ1) is 9.70. The lowest BCUT2D eigenvalue weighted by Gasteiger charge is -2.38. The molecule has 0 aromatic heterocycles. The van der Waals surface area contributed by atoms with Gasteiger partial charge in [-0.25, -0.2) is 0 Å². The summed E-state index contributed by atoms with van der Waals surface area (Å²) in [5.74, 6) is -0.0114. The first kappa shape index (κ1) is 15.3. The van der Waals surface area contributed by atoms with Crippen molar-refractivity contribution in [2.75, 3.05) is 12.9 Å². The zero-order valence-electron chi connectivity index (χ0n) is 12.0. The molecule has 0 bridgehead atoms. The van der Waals surface area contributed by atoms with Crippen molar-refractivity contribution in [3.63, 3.8) is 0 Å². The second-order valence-electron chi connectivity index (χ2n) is 5.56. The molecule has 20 heavy (non-hydrogen) atoms. The molecule has 110 valence electrons. The zero-order valence-corrected chi connectivity index (χ0v) is 12.8. The van der Waals surface area contributed by atoms with Gasteiger partial charge in [0.2, 0.25) is 5.91 Å². The number of benzene rings is 1. The van der Waals surface area contributed by atoms with Crippen molar-refractivity contribution >= 4 is 17.5 Å². The number of likely N-dealkylation sites (N-methyl/N-ethyl adjacent to an activating group) is 1. The molecule has 0 unspecified atom stereocenters. The number of carbonyl (C=O) groups excluding carboxylic acids is 1. The number of halogens is 1. The molecule has 1 amide bonds. The number of alkyl halides is 1. The van der Waals surface area contributed by atoms with Crippen molar-refractivity contribution in [2.45, 2.75) is 44.3 Å². The Balaban J connectivity index is 1.98. The summed E-state index contributed by atoms with van der Waals surface area (Å²) in [4.78, 5) is 13.9. The molecule has 1 aromatic carbocycles. The number of rotatable bonds is 5. The molecule has 0 radical (unpaired) electrons. The molecule has 0 saturated heterocycles.